The number of nitrogens with two attached hydrogens (primary N) is 1. The van der Waals surface area contributed by atoms with E-state index >= 15 is 0 Å². The lowest BCUT2D eigenvalue weighted by Crippen LogP contribution is -2.30. The van der Waals surface area contributed by atoms with Crippen LogP contribution in [0, 0.1) is 6.92 Å². The van der Waals surface area contributed by atoms with Crippen LogP contribution >= 0.6 is 0 Å². The molecule has 86 valence electrons. The molecule has 3 N–H and O–H groups in total. The molecule has 0 spiro atoms. The van der Waals surface area contributed by atoms with Crippen molar-refractivity contribution in [2.24, 2.45) is 5.73 Å². The second-order valence-electron chi connectivity index (χ2n) is 4.09. The maximum atomic E-state index is 11.5. The number of fused-ring (bicyclic) bond motifs is 1. The Hall–Kier alpha value is -1.55. The predicted octanol–water partition coefficient (Wildman–Crippen LogP) is 1.10. The van der Waals surface area contributed by atoms with Crippen LogP contribution in [-0.4, -0.2) is 25.5 Å². The highest BCUT2D eigenvalue weighted by atomic mass is 16.1. The zero-order valence-corrected chi connectivity index (χ0v) is 9.49. The molecule has 1 aliphatic heterocycles. The van der Waals surface area contributed by atoms with Crippen molar-refractivity contribution in [3.8, 4) is 0 Å². The molecule has 0 aliphatic carbocycles. The van der Waals surface area contributed by atoms with Gasteiger partial charge in [-0.05, 0) is 24.6 Å². The van der Waals surface area contributed by atoms with Crippen LogP contribution in [0.3, 0.4) is 0 Å². The molecule has 2 rings (SSSR count). The Morgan fingerprint density at radius 2 is 2.31 bits per heavy atom. The summed E-state index contributed by atoms with van der Waals surface area (Å²) in [5.74, 6) is 0.0753. The molecule has 4 nitrogen and oxygen atoms in total. The quantitative estimate of drug-likeness (QED) is 0.783. The summed E-state index contributed by atoms with van der Waals surface area (Å²) in [7, 11) is 0. The van der Waals surface area contributed by atoms with E-state index in [-0.39, 0.29) is 5.91 Å². The van der Waals surface area contributed by atoms with Crippen LogP contribution in [0.2, 0.25) is 0 Å². The number of nitrogens with zero attached hydrogens (tertiary/aromatic N) is 1. The van der Waals surface area contributed by atoms with E-state index in [9.17, 15) is 4.79 Å². The molecule has 0 bridgehead atoms. The van der Waals surface area contributed by atoms with Crippen LogP contribution in [0.15, 0.2) is 18.2 Å². The number of benzene rings is 1. The molecule has 1 aromatic rings. The topological polar surface area (TPSA) is 58.4 Å². The van der Waals surface area contributed by atoms with Crippen molar-refractivity contribution in [2.75, 3.05) is 29.9 Å². The zero-order chi connectivity index (χ0) is 11.5. The first-order valence-corrected chi connectivity index (χ1v) is 5.56. The van der Waals surface area contributed by atoms with E-state index < -0.39 is 0 Å². The van der Waals surface area contributed by atoms with E-state index in [1.165, 1.54) is 0 Å². The fraction of sp³-hybridized carbons (Fsp3) is 0.417. The van der Waals surface area contributed by atoms with Gasteiger partial charge in [0.25, 0.3) is 0 Å². The largest absolute Gasteiger partial charge is 0.368 e. The Balaban J connectivity index is 2.38. The number of aryl methyl sites for hydroxylation is 1. The minimum Gasteiger partial charge on any atom is -0.368 e. The van der Waals surface area contributed by atoms with Gasteiger partial charge in [-0.2, -0.15) is 0 Å². The van der Waals surface area contributed by atoms with Gasteiger partial charge in [0.2, 0.25) is 5.91 Å². The molecule has 1 amide bonds. The Kier molecular flexibility index (Phi) is 3.10. The predicted molar refractivity (Wildman–Crippen MR) is 65.7 cm³/mol. The molecule has 0 saturated carbocycles. The van der Waals surface area contributed by atoms with E-state index in [1.54, 1.807) is 0 Å². The highest BCUT2D eigenvalue weighted by Gasteiger charge is 2.18. The summed E-state index contributed by atoms with van der Waals surface area (Å²) in [6, 6.07) is 6.10. The minimum atomic E-state index is 0.0753. The van der Waals surface area contributed by atoms with Gasteiger partial charge >= 0.3 is 0 Å². The Morgan fingerprint density at radius 3 is 3.06 bits per heavy atom. The van der Waals surface area contributed by atoms with Gasteiger partial charge in [-0.3, -0.25) is 4.79 Å². The summed E-state index contributed by atoms with van der Waals surface area (Å²) >= 11 is 0. The summed E-state index contributed by atoms with van der Waals surface area (Å²) in [6.07, 6.45) is 0.522. The number of amides is 1. The highest BCUT2D eigenvalue weighted by Crippen LogP contribution is 2.29. The van der Waals surface area contributed by atoms with Gasteiger partial charge in [0.05, 0.1) is 11.4 Å². The molecule has 4 heteroatoms. The van der Waals surface area contributed by atoms with Gasteiger partial charge < -0.3 is 16.0 Å². The lowest BCUT2D eigenvalue weighted by molar-refractivity contribution is -0.115. The van der Waals surface area contributed by atoms with Gasteiger partial charge in [0.15, 0.2) is 0 Å². The van der Waals surface area contributed by atoms with Crippen molar-refractivity contribution in [3.05, 3.63) is 23.8 Å². The van der Waals surface area contributed by atoms with Crippen molar-refractivity contribution in [1.29, 1.82) is 0 Å². The van der Waals surface area contributed by atoms with E-state index in [1.807, 2.05) is 19.1 Å². The fourth-order valence-corrected chi connectivity index (χ4v) is 1.98. The summed E-state index contributed by atoms with van der Waals surface area (Å²) in [6.45, 7) is 4.14. The van der Waals surface area contributed by atoms with Crippen molar-refractivity contribution >= 4 is 17.3 Å². The molecule has 16 heavy (non-hydrogen) atoms. The van der Waals surface area contributed by atoms with Crippen molar-refractivity contribution in [2.45, 2.75) is 13.3 Å². The number of anilines is 2. The first-order valence-electron chi connectivity index (χ1n) is 5.56. The normalized spacial score (nSPS) is 15.4. The second-order valence-corrected chi connectivity index (χ2v) is 4.09. The third-order valence-electron chi connectivity index (χ3n) is 2.77. The molecule has 0 atom stereocenters. The number of nitrogens with one attached hydrogen (secondary N) is 1. The molecule has 0 unspecified atom stereocenters. The van der Waals surface area contributed by atoms with Crippen LogP contribution in [-0.2, 0) is 4.79 Å². The summed E-state index contributed by atoms with van der Waals surface area (Å²) in [5, 5.41) is 2.93. The SMILES string of the molecule is Cc1ccc2c(c1)NC(=O)CCN2CCN. The van der Waals surface area contributed by atoms with Crippen LogP contribution < -0.4 is 16.0 Å². The van der Waals surface area contributed by atoms with Crippen molar-refractivity contribution in [1.82, 2.24) is 0 Å². The third kappa shape index (κ3) is 2.17. The van der Waals surface area contributed by atoms with Gasteiger partial charge in [-0.25, -0.2) is 0 Å². The molecular weight excluding hydrogens is 202 g/mol. The number of rotatable bonds is 2. The molecule has 1 heterocycles. The summed E-state index contributed by atoms with van der Waals surface area (Å²) in [4.78, 5) is 13.7. The van der Waals surface area contributed by atoms with E-state index in [4.69, 9.17) is 5.73 Å². The molecule has 0 fully saturated rings. The zero-order valence-electron chi connectivity index (χ0n) is 9.49. The van der Waals surface area contributed by atoms with E-state index in [0.29, 0.717) is 13.0 Å². The van der Waals surface area contributed by atoms with Gasteiger partial charge in [-0.1, -0.05) is 6.07 Å². The Morgan fingerprint density at radius 1 is 1.50 bits per heavy atom. The molecular formula is C12H17N3O. The average Bonchev–Trinajstić information content (AvgIpc) is 2.38. The standard InChI is InChI=1S/C12H17N3O/c1-9-2-3-11-10(8-9)14-12(16)4-6-15(11)7-5-13/h2-3,8H,4-7,13H2,1H3,(H,14,16). The first-order chi connectivity index (χ1) is 7.70. The second kappa shape index (κ2) is 4.53. The molecule has 0 radical (unpaired) electrons. The van der Waals surface area contributed by atoms with Crippen LogP contribution in [0.5, 0.6) is 0 Å². The van der Waals surface area contributed by atoms with Gasteiger partial charge in [-0.15, -0.1) is 0 Å². The van der Waals surface area contributed by atoms with E-state index in [0.717, 1.165) is 30.0 Å². The highest BCUT2D eigenvalue weighted by molar-refractivity contribution is 5.96. The Bertz CT molecular complexity index is 403. The maximum absolute atomic E-state index is 11.5. The molecule has 0 saturated heterocycles. The smallest absolute Gasteiger partial charge is 0.226 e. The fourth-order valence-electron chi connectivity index (χ4n) is 1.98. The van der Waals surface area contributed by atoms with E-state index in [2.05, 4.69) is 16.3 Å². The molecule has 1 aromatic carbocycles. The summed E-state index contributed by atoms with van der Waals surface area (Å²) < 4.78 is 0. The van der Waals surface area contributed by atoms with Crippen LogP contribution in [0.4, 0.5) is 11.4 Å². The van der Waals surface area contributed by atoms with Crippen LogP contribution in [0.25, 0.3) is 0 Å². The van der Waals surface area contributed by atoms with Gasteiger partial charge in [0.1, 0.15) is 0 Å². The number of carbonyl (C=O) groups excluding carboxylic acids is 1. The van der Waals surface area contributed by atoms with Crippen molar-refractivity contribution < 1.29 is 4.79 Å². The van der Waals surface area contributed by atoms with Gasteiger partial charge in [0, 0.05) is 26.1 Å². The monoisotopic (exact) mass is 219 g/mol. The summed E-state index contributed by atoms with van der Waals surface area (Å²) in [5.41, 5.74) is 8.70. The van der Waals surface area contributed by atoms with Crippen molar-refractivity contribution in [3.63, 3.8) is 0 Å². The minimum absolute atomic E-state index is 0.0753. The molecule has 1 aliphatic rings. The van der Waals surface area contributed by atoms with Crippen LogP contribution in [0.1, 0.15) is 12.0 Å². The average molecular weight is 219 g/mol. The number of hydrogen-bond donors (Lipinski definition) is 2. The molecule has 0 aromatic heterocycles. The number of carbonyl (C=O) groups is 1. The lowest BCUT2D eigenvalue weighted by Gasteiger charge is -2.23. The third-order valence-corrected chi connectivity index (χ3v) is 2.77. The first kappa shape index (κ1) is 11.0. The number of hydrogen-bond acceptors (Lipinski definition) is 3. The maximum Gasteiger partial charge on any atom is 0.226 e. The Labute approximate surface area is 95.4 Å². The lowest BCUT2D eigenvalue weighted by atomic mass is 10.2.